The number of benzene rings is 2. The van der Waals surface area contributed by atoms with E-state index in [4.69, 9.17) is 60.4 Å². The fraction of sp³-hybridized carbons (Fsp3) is 0.171. The maximum Gasteiger partial charge on any atom is 1.00 e. The Morgan fingerprint density at radius 2 is 1.46 bits per heavy atom. The van der Waals surface area contributed by atoms with Crippen LogP contribution in [0.4, 0.5) is 4.39 Å². The Balaban J connectivity index is 0.000000900. The Hall–Kier alpha value is -2.84. The maximum atomic E-state index is 12.2. The molecule has 312 valence electrons. The summed E-state index contributed by atoms with van der Waals surface area (Å²) < 4.78 is 33.8. The van der Waals surface area contributed by atoms with Crippen molar-refractivity contribution in [3.63, 3.8) is 0 Å². The molecule has 1 aliphatic carbocycles. The Kier molecular flexibility index (Phi) is 25.6. The molecule has 0 aliphatic heterocycles. The molecular weight excluding hydrogens is 1010 g/mol. The van der Waals surface area contributed by atoms with E-state index >= 15 is 0 Å². The van der Waals surface area contributed by atoms with Gasteiger partial charge >= 0.3 is 65.1 Å². The Bertz CT molecular complexity index is 2590. The van der Waals surface area contributed by atoms with Gasteiger partial charge in [0.05, 0.1) is 62.1 Å². The van der Waals surface area contributed by atoms with Crippen LogP contribution in [-0.4, -0.2) is 65.4 Å². The molecule has 1 aliphatic rings. The predicted molar refractivity (Wildman–Crippen MR) is 239 cm³/mol. The molecule has 12 nitrogen and oxygen atoms in total. The van der Waals surface area contributed by atoms with E-state index in [1.807, 2.05) is 65.2 Å². The molecule has 2 aromatic carbocycles. The summed E-state index contributed by atoms with van der Waals surface area (Å²) in [6, 6.07) is 23.3. The molecule has 0 radical (unpaired) electrons. The summed E-state index contributed by atoms with van der Waals surface area (Å²) in [5, 5.41) is 11.7. The summed E-state index contributed by atoms with van der Waals surface area (Å²) in [5.74, 6) is 1.21. The third-order valence-corrected chi connectivity index (χ3v) is 9.85. The number of fused-ring (bicyclic) bond motifs is 4. The normalized spacial score (nSPS) is 10.6. The molecule has 0 atom stereocenters. The van der Waals surface area contributed by atoms with Gasteiger partial charge in [0.1, 0.15) is 11.1 Å². The van der Waals surface area contributed by atoms with Gasteiger partial charge in [0.25, 0.3) is 6.47 Å². The Morgan fingerprint density at radius 1 is 0.918 bits per heavy atom. The number of rotatable bonds is 7. The average Bonchev–Trinajstić information content (AvgIpc) is 3.82. The van der Waals surface area contributed by atoms with Crippen molar-refractivity contribution >= 4 is 119 Å². The van der Waals surface area contributed by atoms with Crippen molar-refractivity contribution in [2.24, 2.45) is 0 Å². The molecule has 0 saturated carbocycles. The smallest absolute Gasteiger partial charge is 1.00 e. The molecule has 0 spiro atoms. The summed E-state index contributed by atoms with van der Waals surface area (Å²) in [7, 11) is 3.53. The first-order valence-corrected chi connectivity index (χ1v) is 19.1. The average molecular weight is 1050 g/mol. The number of halogens is 6. The number of carbonyl (C=O) groups is 2. The number of hydrogen-bond acceptors (Lipinski definition) is 11. The molecule has 0 N–H and O–H groups in total. The second kappa shape index (κ2) is 28.8. The molecular formula is C41H37Cl4FIN5Na2O7. The van der Waals surface area contributed by atoms with E-state index in [1.54, 1.807) is 31.8 Å². The fourth-order valence-electron chi connectivity index (χ4n) is 5.59. The molecule has 0 bridgehead atoms. The number of hydrogen-bond donors (Lipinski definition) is 0. The van der Waals surface area contributed by atoms with Crippen LogP contribution in [0.25, 0.3) is 36.4 Å². The van der Waals surface area contributed by atoms with E-state index in [-0.39, 0.29) is 79.4 Å². The number of methoxy groups -OCH3 is 3. The first-order valence-electron chi connectivity index (χ1n) is 17.5. The van der Waals surface area contributed by atoms with E-state index in [2.05, 4.69) is 59.6 Å². The molecule has 7 aromatic rings. The van der Waals surface area contributed by atoms with Crippen molar-refractivity contribution in [2.45, 2.75) is 18.8 Å². The summed E-state index contributed by atoms with van der Waals surface area (Å²) >= 11 is 19.9. The predicted octanol–water partition coefficient (Wildman–Crippen LogP) is 3.69. The van der Waals surface area contributed by atoms with Crippen LogP contribution < -0.4 is 73.8 Å². The maximum absolute atomic E-state index is 12.2. The summed E-state index contributed by atoms with van der Waals surface area (Å²) in [6.45, 7) is 0.379. The monoisotopic (exact) mass is 1040 g/mol. The van der Waals surface area contributed by atoms with Crippen molar-refractivity contribution < 1.29 is 100 Å². The van der Waals surface area contributed by atoms with Gasteiger partial charge in [0.2, 0.25) is 11.8 Å². The standard InChI is InChI=1S/C20H16ClN3O3.C10H7Cl2N.C9H8INO.CH3F.CH2O3.ClH.2Na.H/c1-26-18-6-5-17-19(23-18)15(20(25)27-2)11-24(17)10-12-3-4-16-13(7-12)8-14(21)9-22-16;11-5-7-1-2-10-8(3-7)4-9(12)6-13-10;1-12-8-5-3-6-2-4-7(10)9(6)11-8;1-2;2-1-4-3;;;;/h3-9,11H,10H2,1-2H3;1-4,6H,5H2;3-5H,2H2,1H3;1H3;1,3H;1H;;;/q;;;;;;2*+1;-1/p-1/i;;;1D;;;;;. The topological polar surface area (TPSA) is 151 Å². The molecule has 8 rings (SSSR count). The quantitative estimate of drug-likeness (QED) is 0.0438. The number of carbonyl (C=O) groups excluding carboxylic acids is 2. The van der Waals surface area contributed by atoms with Gasteiger partial charge in [-0.15, -0.1) is 24.0 Å². The van der Waals surface area contributed by atoms with Crippen molar-refractivity contribution in [2.75, 3.05) is 28.5 Å². The third-order valence-electron chi connectivity index (χ3n) is 8.17. The fourth-order valence-corrected chi connectivity index (χ4v) is 6.78. The molecule has 0 unspecified atom stereocenters. The van der Waals surface area contributed by atoms with E-state index in [1.165, 1.54) is 23.4 Å². The van der Waals surface area contributed by atoms with E-state index < -0.39 is 13.1 Å². The molecule has 0 amide bonds. The van der Waals surface area contributed by atoms with Crippen molar-refractivity contribution in [3.8, 4) is 11.8 Å². The van der Waals surface area contributed by atoms with Crippen molar-refractivity contribution in [3.05, 3.63) is 135 Å². The largest absolute Gasteiger partial charge is 1.00 e. The van der Waals surface area contributed by atoms with E-state index in [0.29, 0.717) is 45.3 Å². The van der Waals surface area contributed by atoms with Crippen LogP contribution in [0, 0.1) is 0 Å². The van der Waals surface area contributed by atoms with E-state index in [0.717, 1.165) is 50.6 Å². The zero-order valence-corrected chi connectivity index (χ0v) is 42.8. The number of esters is 1. The third kappa shape index (κ3) is 15.7. The first-order chi connectivity index (χ1) is 28.5. The van der Waals surface area contributed by atoms with Crippen LogP contribution in [0.5, 0.6) is 11.8 Å². The van der Waals surface area contributed by atoms with Gasteiger partial charge in [-0.25, -0.2) is 14.8 Å². The van der Waals surface area contributed by atoms with Gasteiger partial charge in [-0.1, -0.05) is 47.5 Å². The van der Waals surface area contributed by atoms with Gasteiger partial charge < -0.3 is 30.3 Å². The molecule has 0 saturated heterocycles. The van der Waals surface area contributed by atoms with Gasteiger partial charge in [-0.3, -0.25) is 19.2 Å². The Labute approximate surface area is 433 Å². The molecule has 0 fully saturated rings. The van der Waals surface area contributed by atoms with Crippen molar-refractivity contribution in [1.82, 2.24) is 24.5 Å². The zero-order chi connectivity index (χ0) is 42.9. The molecule has 5 heterocycles. The summed E-state index contributed by atoms with van der Waals surface area (Å²) in [5.41, 5.74) is 8.09. The zero-order valence-electron chi connectivity index (χ0n) is 35.5. The van der Waals surface area contributed by atoms with Gasteiger partial charge in [0.15, 0.2) is 0 Å². The minimum absolute atomic E-state index is 0. The Morgan fingerprint density at radius 3 is 2.00 bits per heavy atom. The van der Waals surface area contributed by atoms with Gasteiger partial charge in [0, 0.05) is 57.5 Å². The number of pyridine rings is 4. The second-order valence-corrected chi connectivity index (χ2v) is 14.0. The minimum Gasteiger partial charge on any atom is -1.00 e. The molecule has 5 aromatic heterocycles. The van der Waals surface area contributed by atoms with Crippen LogP contribution in [0.15, 0.2) is 97.5 Å². The molecule has 61 heavy (non-hydrogen) atoms. The van der Waals surface area contributed by atoms with Gasteiger partial charge in [-0.2, -0.15) is 0 Å². The SMILES string of the molecule is COC(=O)c1cn(Cc2ccc3ncc(Cl)cc3c2)c2ccc(OC)nc12.COc1ccc2c(n1)C(I)=CC2.Cl.ClCc1ccc2ncc(Cl)cc2c1.O=CO[O-].[2H]CF.[H-].[Na+].[Na+]. The van der Waals surface area contributed by atoms with Crippen LogP contribution in [0.2, 0.25) is 10.0 Å². The van der Waals surface area contributed by atoms with Gasteiger partial charge in [-0.05, 0) is 88.2 Å². The summed E-state index contributed by atoms with van der Waals surface area (Å²) in [6.07, 6.45) is 8.21. The summed E-state index contributed by atoms with van der Waals surface area (Å²) in [4.78, 5) is 40.7. The first kappa shape index (κ1) is 54.3. The second-order valence-electron chi connectivity index (χ2n) is 11.7. The van der Waals surface area contributed by atoms with Crippen LogP contribution in [0.3, 0.4) is 0 Å². The molecule has 20 heteroatoms. The minimum atomic E-state index is -1.00. The van der Waals surface area contributed by atoms with Crippen LogP contribution in [0.1, 0.15) is 35.5 Å². The number of aromatic nitrogens is 5. The number of allylic oxidation sites excluding steroid dienone is 1. The van der Waals surface area contributed by atoms with E-state index in [9.17, 15) is 9.18 Å². The van der Waals surface area contributed by atoms with Crippen LogP contribution >= 0.6 is 69.8 Å². The number of nitrogens with zero attached hydrogens (tertiary/aromatic N) is 5. The number of alkyl halides is 2. The number of ether oxygens (including phenoxy) is 3. The van der Waals surface area contributed by atoms with Crippen molar-refractivity contribution in [1.29, 1.82) is 0 Å². The van der Waals surface area contributed by atoms with Crippen LogP contribution in [-0.2, 0) is 33.3 Å².